The minimum Gasteiger partial charge on any atom is -0.507 e. The first-order valence-corrected chi connectivity index (χ1v) is 11.5. The molecule has 2 aromatic carbocycles. The van der Waals surface area contributed by atoms with Crippen molar-refractivity contribution < 1.29 is 19.4 Å². The first kappa shape index (κ1) is 22.4. The Balaban J connectivity index is 1.83. The minimum atomic E-state index is -0.644. The van der Waals surface area contributed by atoms with Gasteiger partial charge < -0.3 is 14.7 Å². The Kier molecular flexibility index (Phi) is 6.29. The molecule has 1 amide bonds. The molecule has 1 atom stereocenters. The number of rotatable bonds is 5. The lowest BCUT2D eigenvalue weighted by atomic mass is 9.94. The van der Waals surface area contributed by atoms with Gasteiger partial charge >= 0.3 is 0 Å². The molecule has 6 heteroatoms. The number of aliphatic hydroxyl groups excluding tert-OH is 1. The smallest absolute Gasteiger partial charge is 0.295 e. The molecule has 0 bridgehead atoms. The van der Waals surface area contributed by atoms with Crippen LogP contribution in [0.4, 0.5) is 0 Å². The summed E-state index contributed by atoms with van der Waals surface area (Å²) >= 11 is 6.08. The Hall–Kier alpha value is -2.79. The van der Waals surface area contributed by atoms with Gasteiger partial charge in [0.15, 0.2) is 0 Å². The molecule has 32 heavy (non-hydrogen) atoms. The SMILES string of the molecule is Cc1cc(/C(O)=C2/C(=O)C(=O)N(C3CCCC3)C2c2ccc(Cl)cc2)ccc1OC(C)C. The summed E-state index contributed by atoms with van der Waals surface area (Å²) in [4.78, 5) is 28.0. The van der Waals surface area contributed by atoms with E-state index < -0.39 is 17.7 Å². The van der Waals surface area contributed by atoms with Crippen LogP contribution in [-0.2, 0) is 9.59 Å². The number of carbonyl (C=O) groups excluding carboxylic acids is 2. The molecule has 1 N–H and O–H groups in total. The highest BCUT2D eigenvalue weighted by atomic mass is 35.5. The van der Waals surface area contributed by atoms with Crippen molar-refractivity contribution in [2.75, 3.05) is 0 Å². The van der Waals surface area contributed by atoms with E-state index >= 15 is 0 Å². The first-order chi connectivity index (χ1) is 15.3. The molecule has 1 aliphatic carbocycles. The molecule has 0 spiro atoms. The van der Waals surface area contributed by atoms with Crippen molar-refractivity contribution in [3.05, 3.63) is 69.8 Å². The Bertz CT molecular complexity index is 1070. The third-order valence-corrected chi connectivity index (χ3v) is 6.45. The molecule has 168 valence electrons. The number of likely N-dealkylation sites (tertiary alicyclic amines) is 1. The molecule has 0 radical (unpaired) electrons. The lowest BCUT2D eigenvalue weighted by molar-refractivity contribution is -0.141. The van der Waals surface area contributed by atoms with Crippen LogP contribution in [-0.4, -0.2) is 33.8 Å². The topological polar surface area (TPSA) is 66.8 Å². The zero-order valence-corrected chi connectivity index (χ0v) is 19.4. The van der Waals surface area contributed by atoms with Crippen LogP contribution in [0.5, 0.6) is 5.75 Å². The number of halogens is 1. The monoisotopic (exact) mass is 453 g/mol. The molecule has 1 saturated carbocycles. The fraction of sp³-hybridized carbons (Fsp3) is 0.385. The van der Waals surface area contributed by atoms with E-state index in [1.165, 1.54) is 0 Å². The molecule has 1 heterocycles. The molecule has 2 fully saturated rings. The van der Waals surface area contributed by atoms with Gasteiger partial charge in [-0.2, -0.15) is 0 Å². The Morgan fingerprint density at radius 2 is 1.75 bits per heavy atom. The van der Waals surface area contributed by atoms with Crippen molar-refractivity contribution in [3.8, 4) is 5.75 Å². The maximum absolute atomic E-state index is 13.2. The summed E-state index contributed by atoms with van der Waals surface area (Å²) in [5.41, 5.74) is 2.22. The third-order valence-electron chi connectivity index (χ3n) is 6.19. The van der Waals surface area contributed by atoms with Crippen molar-refractivity contribution in [3.63, 3.8) is 0 Å². The van der Waals surface area contributed by atoms with Crippen molar-refractivity contribution in [2.24, 2.45) is 0 Å². The van der Waals surface area contributed by atoms with Gasteiger partial charge in [-0.25, -0.2) is 0 Å². The van der Waals surface area contributed by atoms with Gasteiger partial charge in [0.05, 0.1) is 17.7 Å². The molecule has 1 aliphatic heterocycles. The van der Waals surface area contributed by atoms with Crippen molar-refractivity contribution in [1.82, 2.24) is 4.90 Å². The van der Waals surface area contributed by atoms with Gasteiger partial charge in [0.1, 0.15) is 11.5 Å². The highest BCUT2D eigenvalue weighted by molar-refractivity contribution is 6.46. The number of ketones is 1. The van der Waals surface area contributed by atoms with Gasteiger partial charge in [-0.15, -0.1) is 0 Å². The highest BCUT2D eigenvalue weighted by Crippen LogP contribution is 2.43. The normalized spacial score (nSPS) is 21.0. The molecule has 2 aromatic rings. The number of amides is 1. The third kappa shape index (κ3) is 4.14. The van der Waals surface area contributed by atoms with Crippen molar-refractivity contribution in [2.45, 2.75) is 64.6 Å². The van der Waals surface area contributed by atoms with Crippen LogP contribution < -0.4 is 4.74 Å². The number of aliphatic hydroxyl groups is 1. The van der Waals surface area contributed by atoms with Crippen LogP contribution in [0.25, 0.3) is 5.76 Å². The number of aryl methyl sites for hydroxylation is 1. The number of benzene rings is 2. The fourth-order valence-corrected chi connectivity index (χ4v) is 4.85. The summed E-state index contributed by atoms with van der Waals surface area (Å²) in [5.74, 6) is -0.635. The molecule has 1 unspecified atom stereocenters. The van der Waals surface area contributed by atoms with Gasteiger partial charge in [0.2, 0.25) is 0 Å². The number of nitrogens with zero attached hydrogens (tertiary/aromatic N) is 1. The largest absolute Gasteiger partial charge is 0.507 e. The summed E-state index contributed by atoms with van der Waals surface area (Å²) in [6.07, 6.45) is 3.79. The predicted molar refractivity (Wildman–Crippen MR) is 125 cm³/mol. The number of ether oxygens (including phenoxy) is 1. The van der Waals surface area contributed by atoms with Gasteiger partial charge in [-0.3, -0.25) is 9.59 Å². The van der Waals surface area contributed by atoms with Crippen LogP contribution in [0.3, 0.4) is 0 Å². The molecule has 0 aromatic heterocycles. The van der Waals surface area contributed by atoms with E-state index in [4.69, 9.17) is 16.3 Å². The van der Waals surface area contributed by atoms with Crippen molar-refractivity contribution >= 4 is 29.1 Å². The number of hydrogen-bond acceptors (Lipinski definition) is 4. The summed E-state index contributed by atoms with van der Waals surface area (Å²) in [5, 5.41) is 11.8. The summed E-state index contributed by atoms with van der Waals surface area (Å²) < 4.78 is 5.79. The quantitative estimate of drug-likeness (QED) is 0.353. The summed E-state index contributed by atoms with van der Waals surface area (Å²) in [6, 6.07) is 11.8. The molecular weight excluding hydrogens is 426 g/mol. The average Bonchev–Trinajstić information content (AvgIpc) is 3.36. The fourth-order valence-electron chi connectivity index (χ4n) is 4.72. The molecular formula is C26H28ClNO4. The highest BCUT2D eigenvalue weighted by Gasteiger charge is 2.49. The number of Topliss-reactive ketones (excluding diaryl/α,β-unsaturated/α-hetero) is 1. The van der Waals surface area contributed by atoms with E-state index in [0.29, 0.717) is 10.6 Å². The maximum Gasteiger partial charge on any atom is 0.295 e. The van der Waals surface area contributed by atoms with Gasteiger partial charge in [0, 0.05) is 16.6 Å². The Labute approximate surface area is 193 Å². The molecule has 5 nitrogen and oxygen atoms in total. The van der Waals surface area contributed by atoms with Crippen LogP contribution in [0.2, 0.25) is 5.02 Å². The first-order valence-electron chi connectivity index (χ1n) is 11.1. The summed E-state index contributed by atoms with van der Waals surface area (Å²) in [7, 11) is 0. The second-order valence-corrected chi connectivity index (χ2v) is 9.28. The number of carbonyl (C=O) groups is 2. The van der Waals surface area contributed by atoms with E-state index in [2.05, 4.69) is 0 Å². The van der Waals surface area contributed by atoms with E-state index in [0.717, 1.165) is 42.6 Å². The van der Waals surface area contributed by atoms with Gasteiger partial charge in [-0.1, -0.05) is 36.6 Å². The van der Waals surface area contributed by atoms with E-state index in [1.54, 1.807) is 35.2 Å². The number of hydrogen-bond donors (Lipinski definition) is 1. The average molecular weight is 454 g/mol. The molecule has 1 saturated heterocycles. The maximum atomic E-state index is 13.2. The second kappa shape index (κ2) is 8.99. The lowest BCUT2D eigenvalue weighted by Crippen LogP contribution is -2.37. The summed E-state index contributed by atoms with van der Waals surface area (Å²) in [6.45, 7) is 5.79. The Morgan fingerprint density at radius 1 is 1.09 bits per heavy atom. The van der Waals surface area contributed by atoms with Crippen LogP contribution in [0.1, 0.15) is 62.3 Å². The predicted octanol–water partition coefficient (Wildman–Crippen LogP) is 5.80. The second-order valence-electron chi connectivity index (χ2n) is 8.84. The van der Waals surface area contributed by atoms with E-state index in [9.17, 15) is 14.7 Å². The van der Waals surface area contributed by atoms with E-state index in [-0.39, 0.29) is 23.5 Å². The van der Waals surface area contributed by atoms with E-state index in [1.807, 2.05) is 32.9 Å². The zero-order chi connectivity index (χ0) is 23.0. The van der Waals surface area contributed by atoms with Crippen LogP contribution in [0.15, 0.2) is 48.0 Å². The lowest BCUT2D eigenvalue weighted by Gasteiger charge is -2.30. The van der Waals surface area contributed by atoms with Crippen molar-refractivity contribution in [1.29, 1.82) is 0 Å². The molecule has 4 rings (SSSR count). The zero-order valence-electron chi connectivity index (χ0n) is 18.6. The van der Waals surface area contributed by atoms with Crippen LogP contribution >= 0.6 is 11.6 Å². The van der Waals surface area contributed by atoms with Crippen LogP contribution in [0, 0.1) is 6.92 Å². The molecule has 2 aliphatic rings. The van der Waals surface area contributed by atoms with Gasteiger partial charge in [0.25, 0.3) is 11.7 Å². The standard InChI is InChI=1S/C26H28ClNO4/c1-15(2)32-21-13-10-18(14-16(21)3)24(29)22-23(17-8-11-19(27)12-9-17)28(26(31)25(22)30)20-6-4-5-7-20/h8-15,20,23,29H,4-7H2,1-3H3/b24-22-. The minimum absolute atomic E-state index is 0.0130. The Morgan fingerprint density at radius 3 is 2.34 bits per heavy atom. The van der Waals surface area contributed by atoms with Gasteiger partial charge in [-0.05, 0) is 75.1 Å².